The van der Waals surface area contributed by atoms with Gasteiger partial charge in [-0.25, -0.2) is 18.5 Å². The van der Waals surface area contributed by atoms with Crippen LogP contribution in [0, 0.1) is 5.82 Å². The van der Waals surface area contributed by atoms with Gasteiger partial charge in [0.15, 0.2) is 23.4 Å². The summed E-state index contributed by atoms with van der Waals surface area (Å²) in [6.45, 7) is 5.79. The molecule has 0 radical (unpaired) electrons. The standard InChI is InChI=1S/C23H30FN4O9P/c1-5-23(17(30)16(29)19(36-23)28-10-14(24)18(25)26-21(28)32)11-34-38(33)27-22(4,20(31)35-12(2)3)13-8-6-7-9-15(13)37-38/h6-10,12,16-17,19,29-30H,5,11H2,1-4H3,(H,27,33)(H2,25,26,32)/t16-,17-,19+,22?,23+,38?/m0/s1. The fraction of sp³-hybridized carbons (Fsp3) is 0.522. The van der Waals surface area contributed by atoms with E-state index in [1.165, 1.54) is 13.0 Å². The third kappa shape index (κ3) is 4.83. The van der Waals surface area contributed by atoms with E-state index in [2.05, 4.69) is 10.1 Å². The molecule has 2 aliphatic rings. The fourth-order valence-corrected chi connectivity index (χ4v) is 6.14. The van der Waals surface area contributed by atoms with Crippen LogP contribution in [0.4, 0.5) is 10.2 Å². The van der Waals surface area contributed by atoms with Gasteiger partial charge in [-0.1, -0.05) is 25.1 Å². The maximum Gasteiger partial charge on any atom is 0.460 e. The second-order valence-electron chi connectivity index (χ2n) is 9.58. The normalized spacial score (nSPS) is 32.6. The van der Waals surface area contributed by atoms with Gasteiger partial charge < -0.3 is 29.9 Å². The molecule has 0 saturated carbocycles. The number of aromatic nitrogens is 2. The number of rotatable bonds is 7. The second kappa shape index (κ2) is 10.0. The number of nitrogens with one attached hydrogen (secondary N) is 1. The average molecular weight is 556 g/mol. The van der Waals surface area contributed by atoms with Crippen LogP contribution in [0.15, 0.2) is 35.3 Å². The molecule has 208 valence electrons. The molecule has 4 rings (SSSR count). The summed E-state index contributed by atoms with van der Waals surface area (Å²) in [5, 5.41) is 24.2. The van der Waals surface area contributed by atoms with Crippen LogP contribution in [0.1, 0.15) is 45.9 Å². The Balaban J connectivity index is 1.62. The Morgan fingerprint density at radius 3 is 2.71 bits per heavy atom. The maximum absolute atomic E-state index is 14.0. The van der Waals surface area contributed by atoms with Crippen molar-refractivity contribution in [2.24, 2.45) is 0 Å². The average Bonchev–Trinajstić information content (AvgIpc) is 3.10. The van der Waals surface area contributed by atoms with Gasteiger partial charge in [0.2, 0.25) is 0 Å². The quantitative estimate of drug-likeness (QED) is 0.284. The van der Waals surface area contributed by atoms with Gasteiger partial charge >= 0.3 is 19.4 Å². The highest BCUT2D eigenvalue weighted by molar-refractivity contribution is 7.52. The fourth-order valence-electron chi connectivity index (χ4n) is 4.41. The van der Waals surface area contributed by atoms with Crippen LogP contribution >= 0.6 is 7.75 Å². The molecule has 1 aromatic carbocycles. The summed E-state index contributed by atoms with van der Waals surface area (Å²) in [6.07, 6.45) is -4.69. The van der Waals surface area contributed by atoms with Crippen LogP contribution in [-0.2, 0) is 28.9 Å². The molecule has 2 aromatic rings. The first-order chi connectivity index (χ1) is 17.7. The van der Waals surface area contributed by atoms with E-state index in [9.17, 15) is 28.8 Å². The first-order valence-corrected chi connectivity index (χ1v) is 13.4. The number of ether oxygens (including phenoxy) is 2. The molecule has 1 fully saturated rings. The van der Waals surface area contributed by atoms with Gasteiger partial charge in [-0.3, -0.25) is 9.09 Å². The van der Waals surface area contributed by atoms with E-state index in [1.54, 1.807) is 39.0 Å². The molecule has 15 heteroatoms. The summed E-state index contributed by atoms with van der Waals surface area (Å²) in [5.74, 6) is -2.27. The number of carbonyl (C=O) groups excluding carboxylic acids is 1. The summed E-state index contributed by atoms with van der Waals surface area (Å²) >= 11 is 0. The Hall–Kier alpha value is -2.87. The van der Waals surface area contributed by atoms with Crippen molar-refractivity contribution in [3.05, 3.63) is 52.3 Å². The van der Waals surface area contributed by atoms with Crippen LogP contribution in [0.25, 0.3) is 0 Å². The number of aliphatic hydroxyl groups is 2. The molecule has 2 aliphatic heterocycles. The van der Waals surface area contributed by atoms with E-state index in [0.717, 1.165) is 0 Å². The lowest BCUT2D eigenvalue weighted by Crippen LogP contribution is -2.51. The van der Waals surface area contributed by atoms with E-state index in [0.29, 0.717) is 16.3 Å². The Morgan fingerprint density at radius 1 is 1.37 bits per heavy atom. The smallest absolute Gasteiger partial charge is 0.460 e. The molecule has 3 heterocycles. The van der Waals surface area contributed by atoms with Crippen molar-refractivity contribution in [3.63, 3.8) is 0 Å². The zero-order chi connectivity index (χ0) is 28.0. The van der Waals surface area contributed by atoms with Crippen molar-refractivity contribution in [2.75, 3.05) is 12.3 Å². The van der Waals surface area contributed by atoms with E-state index >= 15 is 0 Å². The lowest BCUT2D eigenvalue weighted by Gasteiger charge is -2.39. The van der Waals surface area contributed by atoms with Gasteiger partial charge in [0, 0.05) is 5.56 Å². The van der Waals surface area contributed by atoms with Crippen LogP contribution in [-0.4, -0.2) is 56.3 Å². The molecule has 2 unspecified atom stereocenters. The van der Waals surface area contributed by atoms with Gasteiger partial charge in [0.25, 0.3) is 0 Å². The number of hydrogen-bond donors (Lipinski definition) is 4. The lowest BCUT2D eigenvalue weighted by atomic mass is 9.92. The summed E-state index contributed by atoms with van der Waals surface area (Å²) in [6, 6.07) is 6.43. The minimum absolute atomic E-state index is 0.00457. The van der Waals surface area contributed by atoms with Gasteiger partial charge in [-0.2, -0.15) is 10.1 Å². The van der Waals surface area contributed by atoms with Gasteiger partial charge in [-0.05, 0) is 33.3 Å². The zero-order valence-corrected chi connectivity index (χ0v) is 22.1. The minimum Gasteiger partial charge on any atom is -0.461 e. The van der Waals surface area contributed by atoms with E-state index in [4.69, 9.17) is 24.3 Å². The molecule has 13 nitrogen and oxygen atoms in total. The van der Waals surface area contributed by atoms with Crippen LogP contribution < -0.4 is 21.0 Å². The summed E-state index contributed by atoms with van der Waals surface area (Å²) < 4.78 is 51.0. The third-order valence-corrected chi connectivity index (χ3v) is 8.18. The first kappa shape index (κ1) is 28.1. The highest BCUT2D eigenvalue weighted by Gasteiger charge is 2.57. The number of nitrogen functional groups attached to an aromatic ring is 1. The Labute approximate surface area is 217 Å². The van der Waals surface area contributed by atoms with Gasteiger partial charge in [0.05, 0.1) is 18.9 Å². The van der Waals surface area contributed by atoms with Crippen molar-refractivity contribution in [3.8, 4) is 5.75 Å². The Kier molecular flexibility index (Phi) is 7.43. The number of fused-ring (bicyclic) bond motifs is 1. The number of benzene rings is 1. The topological polar surface area (TPSA) is 184 Å². The molecule has 1 aromatic heterocycles. The Morgan fingerprint density at radius 2 is 2.05 bits per heavy atom. The number of para-hydroxylation sites is 1. The molecular weight excluding hydrogens is 526 g/mol. The number of esters is 1. The monoisotopic (exact) mass is 556 g/mol. The Bertz CT molecular complexity index is 1340. The zero-order valence-electron chi connectivity index (χ0n) is 21.2. The molecule has 0 spiro atoms. The molecule has 1 saturated heterocycles. The molecule has 5 N–H and O–H groups in total. The van der Waals surface area contributed by atoms with E-state index < -0.39 is 73.3 Å². The molecule has 0 bridgehead atoms. The third-order valence-electron chi connectivity index (χ3n) is 6.55. The highest BCUT2D eigenvalue weighted by Crippen LogP contribution is 2.56. The van der Waals surface area contributed by atoms with E-state index in [-0.39, 0.29) is 12.2 Å². The van der Waals surface area contributed by atoms with E-state index in [1.807, 2.05) is 0 Å². The van der Waals surface area contributed by atoms with Crippen molar-refractivity contribution in [2.45, 2.75) is 69.8 Å². The van der Waals surface area contributed by atoms with Crippen molar-refractivity contribution < 1.29 is 42.5 Å². The van der Waals surface area contributed by atoms with Crippen LogP contribution in [0.2, 0.25) is 0 Å². The van der Waals surface area contributed by atoms with Crippen LogP contribution in [0.3, 0.4) is 0 Å². The number of carbonyl (C=O) groups is 1. The van der Waals surface area contributed by atoms with Crippen molar-refractivity contribution >= 4 is 19.5 Å². The molecule has 6 atom stereocenters. The van der Waals surface area contributed by atoms with Gasteiger partial charge in [-0.15, -0.1) is 0 Å². The number of nitrogens with zero attached hydrogens (tertiary/aromatic N) is 2. The van der Waals surface area contributed by atoms with Gasteiger partial charge in [0.1, 0.15) is 23.6 Å². The number of anilines is 1. The number of halogens is 1. The molecule has 0 aliphatic carbocycles. The molecular formula is C23H30FN4O9P. The predicted octanol–water partition coefficient (Wildman–Crippen LogP) is 1.34. The minimum atomic E-state index is -4.32. The summed E-state index contributed by atoms with van der Waals surface area (Å²) in [5.41, 5.74) is 1.34. The highest BCUT2D eigenvalue weighted by atomic mass is 31.2. The lowest BCUT2D eigenvalue weighted by molar-refractivity contribution is -0.155. The number of hydrogen-bond acceptors (Lipinski definition) is 11. The first-order valence-electron chi connectivity index (χ1n) is 11.9. The van der Waals surface area contributed by atoms with Crippen molar-refractivity contribution in [1.29, 1.82) is 0 Å². The maximum atomic E-state index is 14.0. The predicted molar refractivity (Wildman–Crippen MR) is 130 cm³/mol. The van der Waals surface area contributed by atoms with Crippen molar-refractivity contribution in [1.82, 2.24) is 14.6 Å². The number of nitrogens with two attached hydrogens (primary N) is 1. The summed E-state index contributed by atoms with van der Waals surface area (Å²) in [4.78, 5) is 28.7. The van der Waals surface area contributed by atoms with Crippen LogP contribution in [0.5, 0.6) is 5.75 Å². The largest absolute Gasteiger partial charge is 0.461 e. The number of aliphatic hydroxyl groups excluding tert-OH is 2. The second-order valence-corrected chi connectivity index (χ2v) is 11.2. The molecule has 0 amide bonds. The summed E-state index contributed by atoms with van der Waals surface area (Å²) in [7, 11) is -4.32. The SMILES string of the molecule is CC[C@]1(COP2(=O)NC(C)(C(=O)OC(C)C)c3ccccc3O2)O[C@@H](n2cc(F)c(N)nc2=O)[C@@H](O)[C@@H]1O. The molecule has 38 heavy (non-hydrogen) atoms.